The number of rotatable bonds is 0. The Bertz CT molecular complexity index is 36.8. The van der Waals surface area contributed by atoms with Crippen LogP contribution in [0, 0.1) is 0 Å². The maximum atomic E-state index is 8.50. The molecule has 0 aliphatic carbocycles. The number of hydrogen-bond donors (Lipinski definition) is 0. The van der Waals surface area contributed by atoms with E-state index in [4.69, 9.17) is 4.79 Å². The molecule has 0 rings (SSSR count). The van der Waals surface area contributed by atoms with Crippen molar-refractivity contribution in [1.29, 1.82) is 0 Å². The molecule has 0 bridgehead atoms. The summed E-state index contributed by atoms with van der Waals surface area (Å²) >= 11 is 3.59. The van der Waals surface area contributed by atoms with Gasteiger partial charge in [-0.25, -0.2) is 4.79 Å². The van der Waals surface area contributed by atoms with Crippen LogP contribution in [0.4, 0.5) is 0 Å². The van der Waals surface area contributed by atoms with Crippen LogP contribution in [-0.4, -0.2) is 5.23 Å². The van der Waals surface area contributed by atoms with Crippen LogP contribution in [0.15, 0.2) is 0 Å². The van der Waals surface area contributed by atoms with Gasteiger partial charge in [-0.2, -0.15) is 0 Å². The minimum absolute atomic E-state index is 1.08. The van der Waals surface area contributed by atoms with Gasteiger partial charge in [0, 0.05) is 12.2 Å². The van der Waals surface area contributed by atoms with Crippen LogP contribution >= 0.6 is 12.2 Å². The van der Waals surface area contributed by atoms with Gasteiger partial charge >= 0.3 is 0 Å². The molecule has 36 valence electrons. The summed E-state index contributed by atoms with van der Waals surface area (Å²) in [6.45, 7) is 4.25. The molecule has 0 radical (unpaired) electrons. The van der Waals surface area contributed by atoms with Gasteiger partial charge in [-0.1, -0.05) is 20.3 Å². The maximum absolute atomic E-state index is 8.50. The summed E-state index contributed by atoms with van der Waals surface area (Å²) in [4.78, 5) is 8.50. The molecule has 0 atom stereocenters. The average Bonchev–Trinajstić information content (AvgIpc) is 1.39. The monoisotopic (exact) mass is 104 g/mol. The minimum atomic E-state index is 1.08. The summed E-state index contributed by atoms with van der Waals surface area (Å²) in [6.07, 6.45) is 1.25. The highest BCUT2D eigenvalue weighted by Gasteiger charge is 1.35. The zero-order valence-corrected chi connectivity index (χ0v) is 4.84. The molecule has 0 N–H and O–H groups in total. The molecule has 0 heterocycles. The molecule has 0 aliphatic heterocycles. The van der Waals surface area contributed by atoms with Crippen molar-refractivity contribution in [2.24, 2.45) is 0 Å². The molecule has 0 aromatic carbocycles. The highest BCUT2D eigenvalue weighted by atomic mass is 32.1. The summed E-state index contributed by atoms with van der Waals surface area (Å²) in [5.41, 5.74) is 0. The molecule has 6 heavy (non-hydrogen) atoms. The third-order valence-corrected chi connectivity index (χ3v) is 0. The highest BCUT2D eigenvalue weighted by molar-refractivity contribution is 7.78. The van der Waals surface area contributed by atoms with Crippen molar-refractivity contribution in [3.8, 4) is 0 Å². The van der Waals surface area contributed by atoms with Crippen molar-refractivity contribution in [2.75, 3.05) is 0 Å². The molecular weight excluding hydrogens is 96.1 g/mol. The summed E-state index contributed by atoms with van der Waals surface area (Å²) < 4.78 is 0. The SMILES string of the molecule is CCC.O=C=S. The molecule has 0 saturated heterocycles. The number of carbonyl (C=O) groups excluding carboxylic acids is 1. The highest BCUT2D eigenvalue weighted by Crippen LogP contribution is 1.56. The van der Waals surface area contributed by atoms with Gasteiger partial charge in [-0.05, 0) is 0 Å². The number of thiocarbonyl (C=S) groups is 1. The Morgan fingerprint density at radius 2 is 1.67 bits per heavy atom. The normalized spacial score (nSPS) is 4.33. The van der Waals surface area contributed by atoms with Crippen LogP contribution in [0.5, 0.6) is 0 Å². The van der Waals surface area contributed by atoms with Gasteiger partial charge in [-0.15, -0.1) is 0 Å². The van der Waals surface area contributed by atoms with E-state index in [1.54, 1.807) is 0 Å². The smallest absolute Gasteiger partial charge is 0.202 e. The van der Waals surface area contributed by atoms with E-state index < -0.39 is 0 Å². The van der Waals surface area contributed by atoms with E-state index in [0.717, 1.165) is 5.23 Å². The van der Waals surface area contributed by atoms with E-state index in [9.17, 15) is 0 Å². The minimum Gasteiger partial charge on any atom is -0.220 e. The second-order valence-electron chi connectivity index (χ2n) is 0.790. The Hall–Kier alpha value is -0.200. The van der Waals surface area contributed by atoms with Crippen molar-refractivity contribution in [1.82, 2.24) is 0 Å². The first-order valence-corrected chi connectivity index (χ1v) is 2.23. The summed E-state index contributed by atoms with van der Waals surface area (Å²) in [5, 5.41) is 1.08. The van der Waals surface area contributed by atoms with Crippen LogP contribution in [0.3, 0.4) is 0 Å². The predicted octanol–water partition coefficient (Wildman–Crippen LogP) is 1.67. The molecule has 0 aliphatic rings. The van der Waals surface area contributed by atoms with Crippen molar-refractivity contribution in [2.45, 2.75) is 20.3 Å². The lowest BCUT2D eigenvalue weighted by Gasteiger charge is -1.48. The second kappa shape index (κ2) is 21.4. The lowest BCUT2D eigenvalue weighted by atomic mass is 10.6. The fourth-order valence-corrected chi connectivity index (χ4v) is 0. The van der Waals surface area contributed by atoms with Crippen molar-refractivity contribution in [3.05, 3.63) is 0 Å². The molecule has 0 amide bonds. The third kappa shape index (κ3) is 745. The molecule has 0 aromatic rings. The standard InChI is InChI=1S/C3H8.COS/c1-3-2;2-1-3/h3H2,1-2H3;. The fourth-order valence-electron chi connectivity index (χ4n) is 0. The first kappa shape index (κ1) is 9.25. The molecule has 0 unspecified atom stereocenters. The molecular formula is C4H8OS. The van der Waals surface area contributed by atoms with Crippen LogP contribution in [-0.2, 0) is 4.79 Å². The molecule has 1 nitrogen and oxygen atoms in total. The summed E-state index contributed by atoms with van der Waals surface area (Å²) in [5.74, 6) is 0. The van der Waals surface area contributed by atoms with E-state index in [-0.39, 0.29) is 0 Å². The maximum Gasteiger partial charge on any atom is 0.202 e. The largest absolute Gasteiger partial charge is 0.220 e. The van der Waals surface area contributed by atoms with E-state index >= 15 is 0 Å². The topological polar surface area (TPSA) is 17.1 Å². The van der Waals surface area contributed by atoms with Gasteiger partial charge in [0.05, 0.1) is 0 Å². The molecule has 0 aromatic heterocycles. The zero-order valence-electron chi connectivity index (χ0n) is 4.02. The number of hydrogen-bond acceptors (Lipinski definition) is 2. The first-order valence-electron chi connectivity index (χ1n) is 1.82. The van der Waals surface area contributed by atoms with E-state index in [1.807, 2.05) is 0 Å². The van der Waals surface area contributed by atoms with Crippen molar-refractivity contribution >= 4 is 17.5 Å². The van der Waals surface area contributed by atoms with Crippen LogP contribution in [0.2, 0.25) is 0 Å². The van der Waals surface area contributed by atoms with E-state index in [1.165, 1.54) is 6.42 Å². The predicted molar refractivity (Wildman–Crippen MR) is 29.2 cm³/mol. The van der Waals surface area contributed by atoms with Gasteiger partial charge < -0.3 is 0 Å². The Kier molecular flexibility index (Phi) is 33.0. The van der Waals surface area contributed by atoms with Gasteiger partial charge in [0.2, 0.25) is 5.23 Å². The zero-order chi connectivity index (χ0) is 5.41. The summed E-state index contributed by atoms with van der Waals surface area (Å²) in [7, 11) is 0. The van der Waals surface area contributed by atoms with Gasteiger partial charge in [0.1, 0.15) is 0 Å². The molecule has 0 spiro atoms. The molecule has 0 fully saturated rings. The first-order chi connectivity index (χ1) is 2.83. The van der Waals surface area contributed by atoms with Gasteiger partial charge in [0.25, 0.3) is 0 Å². The van der Waals surface area contributed by atoms with Crippen molar-refractivity contribution in [3.63, 3.8) is 0 Å². The molecule has 0 saturated carbocycles. The lowest BCUT2D eigenvalue weighted by Crippen LogP contribution is -1.27. The van der Waals surface area contributed by atoms with E-state index in [2.05, 4.69) is 26.1 Å². The van der Waals surface area contributed by atoms with Crippen LogP contribution < -0.4 is 0 Å². The van der Waals surface area contributed by atoms with E-state index in [0.29, 0.717) is 0 Å². The Balaban J connectivity index is 0. The Morgan fingerprint density at radius 3 is 1.67 bits per heavy atom. The fraction of sp³-hybridized carbons (Fsp3) is 0.750. The Labute approximate surface area is 43.4 Å². The van der Waals surface area contributed by atoms with Gasteiger partial charge in [-0.3, -0.25) is 0 Å². The lowest BCUT2D eigenvalue weighted by molar-refractivity contribution is 0.572. The van der Waals surface area contributed by atoms with Crippen LogP contribution in [0.1, 0.15) is 20.3 Å². The van der Waals surface area contributed by atoms with Crippen molar-refractivity contribution < 1.29 is 4.79 Å². The summed E-state index contributed by atoms with van der Waals surface area (Å²) in [6, 6.07) is 0. The van der Waals surface area contributed by atoms with Crippen LogP contribution in [0.25, 0.3) is 0 Å². The molecule has 2 heteroatoms. The quantitative estimate of drug-likeness (QED) is 0.435. The third-order valence-electron chi connectivity index (χ3n) is 0. The van der Waals surface area contributed by atoms with Gasteiger partial charge in [0.15, 0.2) is 0 Å². The second-order valence-corrected chi connectivity index (χ2v) is 0.957. The Morgan fingerprint density at radius 1 is 1.67 bits per heavy atom. The average molecular weight is 104 g/mol.